The Hall–Kier alpha value is -2.62. The maximum absolute atomic E-state index is 13.1. The molecule has 1 aliphatic rings. The second kappa shape index (κ2) is 7.95. The molecular formula is C21H19N3O2S. The highest BCUT2D eigenvalue weighted by molar-refractivity contribution is 7.98. The van der Waals surface area contributed by atoms with Gasteiger partial charge in [0, 0.05) is 12.4 Å². The summed E-state index contributed by atoms with van der Waals surface area (Å²) in [5.41, 5.74) is 2.25. The first-order valence-electron chi connectivity index (χ1n) is 8.98. The summed E-state index contributed by atoms with van der Waals surface area (Å²) in [5, 5.41) is 10.6. The number of benzene rings is 2. The molecule has 0 unspecified atom stereocenters. The SMILES string of the molecule is N#Cc1ccccc1CSc1nc2ccccc2c(=O)n1C[C@H]1CCCO1. The van der Waals surface area contributed by atoms with E-state index in [4.69, 9.17) is 9.72 Å². The van der Waals surface area contributed by atoms with Crippen LogP contribution in [0.4, 0.5) is 0 Å². The predicted molar refractivity (Wildman–Crippen MR) is 106 cm³/mol. The van der Waals surface area contributed by atoms with Crippen molar-refractivity contribution < 1.29 is 4.74 Å². The van der Waals surface area contributed by atoms with Crippen LogP contribution in [-0.2, 0) is 17.0 Å². The van der Waals surface area contributed by atoms with E-state index in [0.717, 1.165) is 25.0 Å². The standard InChI is InChI=1S/C21H19N3O2S/c22-12-15-6-1-2-7-16(15)14-27-21-23-19-10-4-3-9-18(19)20(25)24(21)13-17-8-5-11-26-17/h1-4,6-7,9-10,17H,5,8,11,13-14H2/t17-/m1/s1. The summed E-state index contributed by atoms with van der Waals surface area (Å²) in [4.78, 5) is 17.8. The summed E-state index contributed by atoms with van der Waals surface area (Å²) in [6.07, 6.45) is 2.04. The quantitative estimate of drug-likeness (QED) is 0.500. The van der Waals surface area contributed by atoms with Crippen LogP contribution >= 0.6 is 11.8 Å². The molecule has 0 amide bonds. The van der Waals surface area contributed by atoms with Crippen molar-refractivity contribution in [2.24, 2.45) is 0 Å². The highest BCUT2D eigenvalue weighted by atomic mass is 32.2. The number of nitriles is 1. The van der Waals surface area contributed by atoms with Gasteiger partial charge in [-0.15, -0.1) is 0 Å². The van der Waals surface area contributed by atoms with Crippen molar-refractivity contribution in [2.75, 3.05) is 6.61 Å². The minimum Gasteiger partial charge on any atom is -0.376 e. The minimum atomic E-state index is -0.0350. The molecule has 27 heavy (non-hydrogen) atoms. The number of rotatable bonds is 5. The van der Waals surface area contributed by atoms with Gasteiger partial charge in [0.25, 0.3) is 5.56 Å². The molecule has 1 aromatic heterocycles. The van der Waals surface area contributed by atoms with Crippen molar-refractivity contribution in [3.05, 3.63) is 70.0 Å². The number of hydrogen-bond acceptors (Lipinski definition) is 5. The normalized spacial score (nSPS) is 16.5. The van der Waals surface area contributed by atoms with Crippen molar-refractivity contribution >= 4 is 22.7 Å². The maximum Gasteiger partial charge on any atom is 0.262 e. The van der Waals surface area contributed by atoms with E-state index >= 15 is 0 Å². The van der Waals surface area contributed by atoms with Crippen LogP contribution in [0.5, 0.6) is 0 Å². The summed E-state index contributed by atoms with van der Waals surface area (Å²) < 4.78 is 7.47. The van der Waals surface area contributed by atoms with Crippen LogP contribution in [0.25, 0.3) is 10.9 Å². The Morgan fingerprint density at radius 1 is 1.22 bits per heavy atom. The van der Waals surface area contributed by atoms with Gasteiger partial charge >= 0.3 is 0 Å². The molecule has 0 spiro atoms. The van der Waals surface area contributed by atoms with Crippen molar-refractivity contribution in [1.82, 2.24) is 9.55 Å². The van der Waals surface area contributed by atoms with E-state index in [-0.39, 0.29) is 11.7 Å². The Bertz CT molecular complexity index is 1060. The molecule has 6 heteroatoms. The van der Waals surface area contributed by atoms with E-state index in [2.05, 4.69) is 6.07 Å². The molecule has 0 N–H and O–H groups in total. The Balaban J connectivity index is 1.71. The van der Waals surface area contributed by atoms with E-state index in [1.165, 1.54) is 11.8 Å². The topological polar surface area (TPSA) is 67.9 Å². The molecular weight excluding hydrogens is 358 g/mol. The molecule has 1 atom stereocenters. The summed E-state index contributed by atoms with van der Waals surface area (Å²) in [6.45, 7) is 1.26. The fraction of sp³-hybridized carbons (Fsp3) is 0.286. The maximum atomic E-state index is 13.1. The molecule has 0 radical (unpaired) electrons. The molecule has 1 aliphatic heterocycles. The number of fused-ring (bicyclic) bond motifs is 1. The number of para-hydroxylation sites is 1. The Labute approximate surface area is 161 Å². The van der Waals surface area contributed by atoms with Crippen LogP contribution in [0.2, 0.25) is 0 Å². The van der Waals surface area contributed by atoms with Crippen molar-refractivity contribution in [3.8, 4) is 6.07 Å². The number of aromatic nitrogens is 2. The molecule has 136 valence electrons. The average molecular weight is 377 g/mol. The summed E-state index contributed by atoms with van der Waals surface area (Å²) in [6, 6.07) is 17.2. The highest BCUT2D eigenvalue weighted by Gasteiger charge is 2.20. The lowest BCUT2D eigenvalue weighted by atomic mass is 10.1. The smallest absolute Gasteiger partial charge is 0.262 e. The van der Waals surface area contributed by atoms with Gasteiger partial charge in [0.15, 0.2) is 5.16 Å². The van der Waals surface area contributed by atoms with Gasteiger partial charge in [-0.05, 0) is 36.6 Å². The largest absolute Gasteiger partial charge is 0.376 e. The third kappa shape index (κ3) is 3.75. The zero-order valence-electron chi connectivity index (χ0n) is 14.8. The zero-order valence-corrected chi connectivity index (χ0v) is 15.6. The molecule has 3 aromatic rings. The second-order valence-corrected chi connectivity index (χ2v) is 7.46. The first-order chi connectivity index (χ1) is 13.3. The molecule has 2 aromatic carbocycles. The van der Waals surface area contributed by atoms with Gasteiger partial charge in [0.05, 0.1) is 35.2 Å². The van der Waals surface area contributed by atoms with Crippen LogP contribution in [0.15, 0.2) is 58.5 Å². The van der Waals surface area contributed by atoms with Crippen LogP contribution < -0.4 is 5.56 Å². The van der Waals surface area contributed by atoms with Gasteiger partial charge in [-0.3, -0.25) is 9.36 Å². The van der Waals surface area contributed by atoms with Crippen LogP contribution in [0, 0.1) is 11.3 Å². The highest BCUT2D eigenvalue weighted by Crippen LogP contribution is 2.25. The van der Waals surface area contributed by atoms with Gasteiger partial charge in [0.1, 0.15) is 0 Å². The fourth-order valence-corrected chi connectivity index (χ4v) is 4.32. The van der Waals surface area contributed by atoms with Gasteiger partial charge in [0.2, 0.25) is 0 Å². The van der Waals surface area contributed by atoms with E-state index in [9.17, 15) is 10.1 Å². The minimum absolute atomic E-state index is 0.0350. The van der Waals surface area contributed by atoms with E-state index < -0.39 is 0 Å². The van der Waals surface area contributed by atoms with Crippen LogP contribution in [0.3, 0.4) is 0 Å². The number of hydrogen-bond donors (Lipinski definition) is 0. The third-order valence-corrected chi connectivity index (χ3v) is 5.76. The molecule has 2 heterocycles. The molecule has 5 nitrogen and oxygen atoms in total. The van der Waals surface area contributed by atoms with Crippen molar-refractivity contribution in [1.29, 1.82) is 5.26 Å². The monoisotopic (exact) mass is 377 g/mol. The Kier molecular flexibility index (Phi) is 5.23. The Morgan fingerprint density at radius 3 is 2.85 bits per heavy atom. The van der Waals surface area contributed by atoms with E-state index in [0.29, 0.717) is 33.9 Å². The van der Waals surface area contributed by atoms with Crippen molar-refractivity contribution in [2.45, 2.75) is 36.4 Å². The average Bonchev–Trinajstić information content (AvgIpc) is 3.22. The van der Waals surface area contributed by atoms with Gasteiger partial charge < -0.3 is 4.74 Å². The first kappa shape index (κ1) is 17.8. The molecule has 1 fully saturated rings. The van der Waals surface area contributed by atoms with E-state index in [1.54, 1.807) is 4.57 Å². The summed E-state index contributed by atoms with van der Waals surface area (Å²) in [7, 11) is 0. The van der Waals surface area contributed by atoms with Gasteiger partial charge in [-0.1, -0.05) is 42.1 Å². The van der Waals surface area contributed by atoms with Gasteiger partial charge in [-0.25, -0.2) is 4.98 Å². The predicted octanol–water partition coefficient (Wildman–Crippen LogP) is 3.74. The molecule has 0 aliphatic carbocycles. The zero-order chi connectivity index (χ0) is 18.6. The fourth-order valence-electron chi connectivity index (χ4n) is 3.31. The molecule has 0 saturated carbocycles. The summed E-state index contributed by atoms with van der Waals surface area (Å²) in [5.74, 6) is 0.583. The van der Waals surface area contributed by atoms with Gasteiger partial charge in [-0.2, -0.15) is 5.26 Å². The van der Waals surface area contributed by atoms with Crippen LogP contribution in [-0.4, -0.2) is 22.3 Å². The lowest BCUT2D eigenvalue weighted by Gasteiger charge is -2.16. The lowest BCUT2D eigenvalue weighted by Crippen LogP contribution is -2.28. The first-order valence-corrected chi connectivity index (χ1v) is 9.97. The van der Waals surface area contributed by atoms with E-state index in [1.807, 2.05) is 48.5 Å². The number of nitrogens with zero attached hydrogens (tertiary/aromatic N) is 3. The summed E-state index contributed by atoms with van der Waals surface area (Å²) >= 11 is 1.49. The molecule has 0 bridgehead atoms. The van der Waals surface area contributed by atoms with Crippen LogP contribution in [0.1, 0.15) is 24.0 Å². The third-order valence-electron chi connectivity index (χ3n) is 4.73. The Morgan fingerprint density at radius 2 is 2.04 bits per heavy atom. The van der Waals surface area contributed by atoms with Crippen molar-refractivity contribution in [3.63, 3.8) is 0 Å². The second-order valence-electron chi connectivity index (χ2n) is 6.52. The lowest BCUT2D eigenvalue weighted by molar-refractivity contribution is 0.0937. The molecule has 4 rings (SSSR count). The molecule has 1 saturated heterocycles. The number of ether oxygens (including phenoxy) is 1. The number of thioether (sulfide) groups is 1.